The number of rotatable bonds is 3. The van der Waals surface area contributed by atoms with Crippen LogP contribution in [-0.4, -0.2) is 34.2 Å². The van der Waals surface area contributed by atoms with Crippen LogP contribution in [0.4, 0.5) is 0 Å². The van der Waals surface area contributed by atoms with Gasteiger partial charge in [0.25, 0.3) is 0 Å². The van der Waals surface area contributed by atoms with Crippen molar-refractivity contribution >= 4 is 46.5 Å². The molecule has 0 radical (unpaired) electrons. The molecule has 0 aromatic rings. The van der Waals surface area contributed by atoms with Gasteiger partial charge < -0.3 is 4.74 Å². The summed E-state index contributed by atoms with van der Waals surface area (Å²) in [5, 5.41) is 0. The lowest BCUT2D eigenvalue weighted by atomic mass is 9.72. The van der Waals surface area contributed by atoms with Crippen molar-refractivity contribution in [1.29, 1.82) is 0 Å². The van der Waals surface area contributed by atoms with E-state index in [4.69, 9.17) is 27.9 Å². The van der Waals surface area contributed by atoms with Gasteiger partial charge in [0.15, 0.2) is 11.5 Å². The predicted molar refractivity (Wildman–Crippen MR) is 80.1 cm³/mol. The van der Waals surface area contributed by atoms with E-state index in [2.05, 4.69) is 0 Å². The van der Waals surface area contributed by atoms with E-state index in [1.54, 1.807) is 0 Å². The molecule has 0 spiro atoms. The van der Waals surface area contributed by atoms with Crippen LogP contribution in [0.3, 0.4) is 0 Å². The minimum Gasteiger partial charge on any atom is -0.492 e. The number of carbonyl (C=O) groups excluding carboxylic acids is 2. The molecule has 0 aromatic heterocycles. The average molecular weight is 333 g/mol. The molecule has 1 saturated carbocycles. The second-order valence-electron chi connectivity index (χ2n) is 5.21. The van der Waals surface area contributed by atoms with Gasteiger partial charge in [-0.3, -0.25) is 9.59 Å². The molecule has 4 atom stereocenters. The van der Waals surface area contributed by atoms with Crippen molar-refractivity contribution in [2.75, 3.05) is 12.9 Å². The minimum absolute atomic E-state index is 0.0640. The Morgan fingerprint density at radius 2 is 1.80 bits per heavy atom. The molecule has 0 unspecified atom stereocenters. The van der Waals surface area contributed by atoms with Crippen molar-refractivity contribution in [2.45, 2.75) is 23.1 Å². The second kappa shape index (κ2) is 4.52. The van der Waals surface area contributed by atoms with E-state index >= 15 is 0 Å². The van der Waals surface area contributed by atoms with Gasteiger partial charge in [-0.15, -0.1) is 35.0 Å². The van der Waals surface area contributed by atoms with Gasteiger partial charge in [-0.2, -0.15) is 0 Å². The van der Waals surface area contributed by atoms with E-state index in [0.717, 1.165) is 0 Å². The molecule has 6 heteroatoms. The monoisotopic (exact) mass is 332 g/mol. The van der Waals surface area contributed by atoms with Crippen molar-refractivity contribution < 1.29 is 14.3 Å². The lowest BCUT2D eigenvalue weighted by Crippen LogP contribution is -2.62. The highest BCUT2D eigenvalue weighted by Gasteiger charge is 2.74. The van der Waals surface area contributed by atoms with E-state index in [-0.39, 0.29) is 29.2 Å². The number of Topliss-reactive ketones (excluding diaryl/α,β-unsaturated/α-hetero) is 2. The molecule has 2 bridgehead atoms. The normalized spacial score (nSPS) is 42.4. The Hall–Kier alpha value is -0.450. The Morgan fingerprint density at radius 3 is 2.30 bits per heavy atom. The maximum absolute atomic E-state index is 12.9. The first-order valence-electron chi connectivity index (χ1n) is 6.49. The Balaban J connectivity index is 2.22. The molecule has 3 nitrogen and oxygen atoms in total. The quantitative estimate of drug-likeness (QED) is 0.588. The summed E-state index contributed by atoms with van der Waals surface area (Å²) in [4.78, 5) is 23.2. The second-order valence-corrected chi connectivity index (χ2v) is 7.68. The van der Waals surface area contributed by atoms with Gasteiger partial charge in [-0.25, -0.2) is 0 Å². The predicted octanol–water partition coefficient (Wildman–Crippen LogP) is 2.91. The number of allylic oxidation sites excluding steroid dienone is 4. The number of ketones is 2. The Labute approximate surface area is 131 Å². The largest absolute Gasteiger partial charge is 0.492 e. The number of carbonyl (C=O) groups is 2. The molecule has 0 N–H and O–H groups in total. The molecule has 20 heavy (non-hydrogen) atoms. The summed E-state index contributed by atoms with van der Waals surface area (Å²) in [6, 6.07) is 0. The lowest BCUT2D eigenvalue weighted by molar-refractivity contribution is -0.130. The first-order chi connectivity index (χ1) is 9.42. The van der Waals surface area contributed by atoms with Crippen LogP contribution in [0.15, 0.2) is 22.8 Å². The van der Waals surface area contributed by atoms with Gasteiger partial charge in [0.05, 0.1) is 12.0 Å². The van der Waals surface area contributed by atoms with Crippen molar-refractivity contribution in [2.24, 2.45) is 11.8 Å². The summed E-state index contributed by atoms with van der Waals surface area (Å²) < 4.78 is 5.19. The molecule has 3 rings (SSSR count). The van der Waals surface area contributed by atoms with Crippen molar-refractivity contribution in [3.05, 3.63) is 22.8 Å². The van der Waals surface area contributed by atoms with Crippen molar-refractivity contribution in [3.8, 4) is 0 Å². The summed E-state index contributed by atoms with van der Waals surface area (Å²) in [7, 11) is 1.39. The van der Waals surface area contributed by atoms with E-state index < -0.39 is 9.75 Å². The standard InChI is InChI=1S/C14H14Cl2O3S/c1-3-20-10-9(19-2)11(17)13(15)7-4-5-8(6-7)14(13,16)12(10)18/h4-5,7-8H,3,6H2,1-2H3/t7-,8+,13-,14+/m1/s1. The molecule has 0 amide bonds. The maximum Gasteiger partial charge on any atom is 0.222 e. The number of thioether (sulfide) groups is 1. The fourth-order valence-corrected chi connectivity index (χ4v) is 5.39. The highest BCUT2D eigenvalue weighted by Crippen LogP contribution is 2.64. The third-order valence-electron chi connectivity index (χ3n) is 4.41. The zero-order chi connectivity index (χ0) is 14.7. The highest BCUT2D eigenvalue weighted by atomic mass is 35.5. The third-order valence-corrected chi connectivity index (χ3v) is 6.95. The van der Waals surface area contributed by atoms with E-state index in [9.17, 15) is 9.59 Å². The zero-order valence-corrected chi connectivity index (χ0v) is 13.4. The molecule has 3 aliphatic carbocycles. The molecular formula is C14H14Cl2O3S. The molecule has 0 aliphatic heterocycles. The van der Waals surface area contributed by atoms with Crippen LogP contribution in [0.5, 0.6) is 0 Å². The van der Waals surface area contributed by atoms with Gasteiger partial charge in [0.1, 0.15) is 9.75 Å². The van der Waals surface area contributed by atoms with Gasteiger partial charge in [-0.1, -0.05) is 19.1 Å². The fourth-order valence-electron chi connectivity index (χ4n) is 3.49. The van der Waals surface area contributed by atoms with Crippen LogP contribution in [0.1, 0.15) is 13.3 Å². The van der Waals surface area contributed by atoms with Crippen LogP contribution in [0.25, 0.3) is 0 Å². The molecule has 3 aliphatic rings. The molecule has 1 fully saturated rings. The summed E-state index contributed by atoms with van der Waals surface area (Å²) in [5.74, 6) is -0.296. The minimum atomic E-state index is -1.41. The van der Waals surface area contributed by atoms with E-state index in [0.29, 0.717) is 17.1 Å². The zero-order valence-electron chi connectivity index (χ0n) is 11.1. The number of halogens is 2. The van der Waals surface area contributed by atoms with Gasteiger partial charge >= 0.3 is 0 Å². The first kappa shape index (κ1) is 14.5. The number of ether oxygens (including phenoxy) is 1. The van der Waals surface area contributed by atoms with Crippen LogP contribution in [0.2, 0.25) is 0 Å². The van der Waals surface area contributed by atoms with Crippen LogP contribution in [-0.2, 0) is 14.3 Å². The van der Waals surface area contributed by atoms with Crippen molar-refractivity contribution in [1.82, 2.24) is 0 Å². The maximum atomic E-state index is 12.9. The van der Waals surface area contributed by atoms with Crippen LogP contribution in [0, 0.1) is 11.8 Å². The molecule has 108 valence electrons. The highest BCUT2D eigenvalue weighted by molar-refractivity contribution is 8.04. The van der Waals surface area contributed by atoms with E-state index in [1.807, 2.05) is 19.1 Å². The van der Waals surface area contributed by atoms with Gasteiger partial charge in [0.2, 0.25) is 5.78 Å². The Bertz CT molecular complexity index is 571. The molecular weight excluding hydrogens is 319 g/mol. The van der Waals surface area contributed by atoms with E-state index in [1.165, 1.54) is 18.9 Å². The number of hydrogen-bond donors (Lipinski definition) is 0. The summed E-state index contributed by atoms with van der Waals surface area (Å²) >= 11 is 14.6. The van der Waals surface area contributed by atoms with Crippen LogP contribution >= 0.6 is 35.0 Å². The number of fused-ring (bicyclic) bond motifs is 5. The topological polar surface area (TPSA) is 43.4 Å². The summed E-state index contributed by atoms with van der Waals surface area (Å²) in [6.45, 7) is 1.91. The Morgan fingerprint density at radius 1 is 1.25 bits per heavy atom. The SMILES string of the molecule is CCSC1=C(OC)C(=O)[C@]2(Cl)[C@@H]3C=C[C@@H](C3)[C@]2(Cl)C1=O. The third kappa shape index (κ3) is 1.40. The average Bonchev–Trinajstić information content (AvgIpc) is 2.99. The summed E-state index contributed by atoms with van der Waals surface area (Å²) in [5.41, 5.74) is 0. The number of methoxy groups -OCH3 is 1. The van der Waals surface area contributed by atoms with Crippen molar-refractivity contribution in [3.63, 3.8) is 0 Å². The molecule has 0 saturated heterocycles. The van der Waals surface area contributed by atoms with Gasteiger partial charge in [-0.05, 0) is 12.2 Å². The number of hydrogen-bond acceptors (Lipinski definition) is 4. The lowest BCUT2D eigenvalue weighted by Gasteiger charge is -2.44. The Kier molecular flexibility index (Phi) is 3.27. The first-order valence-corrected chi connectivity index (χ1v) is 8.23. The van der Waals surface area contributed by atoms with Crippen LogP contribution < -0.4 is 0 Å². The smallest absolute Gasteiger partial charge is 0.222 e. The molecule has 0 heterocycles. The number of alkyl halides is 2. The molecule has 0 aromatic carbocycles. The summed E-state index contributed by atoms with van der Waals surface area (Å²) in [6.07, 6.45) is 4.45. The fraction of sp³-hybridized carbons (Fsp3) is 0.571. The van der Waals surface area contributed by atoms with Gasteiger partial charge in [0, 0.05) is 11.8 Å².